The molecule has 0 aliphatic carbocycles. The van der Waals surface area contributed by atoms with Crippen molar-refractivity contribution in [1.82, 2.24) is 4.90 Å². The van der Waals surface area contributed by atoms with Gasteiger partial charge in [0.15, 0.2) is 0 Å². The van der Waals surface area contributed by atoms with E-state index in [1.165, 1.54) is 13.0 Å². The highest BCUT2D eigenvalue weighted by molar-refractivity contribution is 4.77. The maximum Gasteiger partial charge on any atom is 0.00976 e. The highest BCUT2D eigenvalue weighted by Crippen LogP contribution is 2.21. The number of hydrogen-bond acceptors (Lipinski definition) is 1. The summed E-state index contributed by atoms with van der Waals surface area (Å²) in [5.74, 6) is 1.56. The van der Waals surface area contributed by atoms with Crippen LogP contribution < -0.4 is 0 Å². The van der Waals surface area contributed by atoms with Gasteiger partial charge in [-0.1, -0.05) is 34.6 Å². The number of nitrogens with zero attached hydrogens (tertiary/aromatic N) is 1. The molecule has 0 aliphatic heterocycles. The lowest BCUT2D eigenvalue weighted by Crippen LogP contribution is -2.44. The van der Waals surface area contributed by atoms with Crippen molar-refractivity contribution in [3.05, 3.63) is 0 Å². The molecule has 0 spiro atoms. The topological polar surface area (TPSA) is 3.24 Å². The molecule has 3 unspecified atom stereocenters. The summed E-state index contributed by atoms with van der Waals surface area (Å²) in [4.78, 5) is 2.63. The second kappa shape index (κ2) is 6.44. The monoisotopic (exact) mass is 199 g/mol. The molecule has 0 saturated carbocycles. The normalized spacial score (nSPS) is 18.6. The van der Waals surface area contributed by atoms with Gasteiger partial charge < -0.3 is 0 Å². The Balaban J connectivity index is 4.37. The quantitative estimate of drug-likeness (QED) is 0.629. The Kier molecular flexibility index (Phi) is 6.43. The first-order chi connectivity index (χ1) is 6.45. The van der Waals surface area contributed by atoms with Gasteiger partial charge in [-0.15, -0.1) is 0 Å². The minimum atomic E-state index is 0.704. The fourth-order valence-corrected chi connectivity index (χ4v) is 2.09. The first-order valence-corrected chi connectivity index (χ1v) is 6.21. The van der Waals surface area contributed by atoms with E-state index >= 15 is 0 Å². The van der Waals surface area contributed by atoms with Gasteiger partial charge in [-0.25, -0.2) is 0 Å². The third kappa shape index (κ3) is 3.61. The summed E-state index contributed by atoms with van der Waals surface area (Å²) in [6, 6.07) is 1.42. The zero-order chi connectivity index (χ0) is 11.3. The minimum absolute atomic E-state index is 0.704. The van der Waals surface area contributed by atoms with E-state index in [1.54, 1.807) is 0 Å². The molecule has 1 heteroatoms. The average Bonchev–Trinajstić information content (AvgIpc) is 2.16. The van der Waals surface area contributed by atoms with E-state index in [4.69, 9.17) is 0 Å². The van der Waals surface area contributed by atoms with Crippen molar-refractivity contribution in [1.29, 1.82) is 0 Å². The van der Waals surface area contributed by atoms with E-state index < -0.39 is 0 Å². The smallest absolute Gasteiger partial charge is 0.00976 e. The molecule has 3 atom stereocenters. The van der Waals surface area contributed by atoms with E-state index in [2.05, 4.69) is 53.4 Å². The largest absolute Gasteiger partial charge is 0.298 e. The molecule has 0 aromatic rings. The van der Waals surface area contributed by atoms with Crippen LogP contribution in [-0.2, 0) is 0 Å². The van der Waals surface area contributed by atoms with Crippen LogP contribution in [-0.4, -0.2) is 23.5 Å². The van der Waals surface area contributed by atoms with Crippen LogP contribution >= 0.6 is 0 Å². The van der Waals surface area contributed by atoms with Crippen molar-refractivity contribution in [2.45, 2.75) is 67.0 Å². The number of hydrogen-bond donors (Lipinski definition) is 0. The van der Waals surface area contributed by atoms with Crippen molar-refractivity contribution in [3.63, 3.8) is 0 Å². The average molecular weight is 199 g/mol. The van der Waals surface area contributed by atoms with Gasteiger partial charge in [0.25, 0.3) is 0 Å². The Morgan fingerprint density at radius 1 is 0.929 bits per heavy atom. The van der Waals surface area contributed by atoms with Gasteiger partial charge in [0, 0.05) is 12.1 Å². The minimum Gasteiger partial charge on any atom is -0.298 e. The van der Waals surface area contributed by atoms with Crippen LogP contribution in [0.25, 0.3) is 0 Å². The molecule has 0 saturated heterocycles. The molecular weight excluding hydrogens is 170 g/mol. The molecule has 0 aromatic carbocycles. The van der Waals surface area contributed by atoms with Crippen LogP contribution in [0.2, 0.25) is 0 Å². The Morgan fingerprint density at radius 3 is 1.71 bits per heavy atom. The van der Waals surface area contributed by atoms with Crippen LogP contribution in [0.5, 0.6) is 0 Å². The van der Waals surface area contributed by atoms with Crippen LogP contribution in [0, 0.1) is 11.8 Å². The molecule has 0 fully saturated rings. The fourth-order valence-electron chi connectivity index (χ4n) is 2.09. The fraction of sp³-hybridized carbons (Fsp3) is 1.00. The second-order valence-electron chi connectivity index (χ2n) is 4.93. The molecule has 0 radical (unpaired) electrons. The summed E-state index contributed by atoms with van der Waals surface area (Å²) >= 11 is 0. The van der Waals surface area contributed by atoms with Gasteiger partial charge in [-0.2, -0.15) is 0 Å². The lowest BCUT2D eigenvalue weighted by atomic mass is 9.89. The van der Waals surface area contributed by atoms with Gasteiger partial charge in [-0.05, 0) is 38.6 Å². The van der Waals surface area contributed by atoms with Crippen molar-refractivity contribution >= 4 is 0 Å². The molecule has 0 amide bonds. The van der Waals surface area contributed by atoms with Gasteiger partial charge in [0.2, 0.25) is 0 Å². The first kappa shape index (κ1) is 14.0. The standard InChI is InChI=1S/C13H29N/c1-8-11(5)14(9-2)13(7)12(6)10(3)4/h10-13H,8-9H2,1-7H3. The van der Waals surface area contributed by atoms with Gasteiger partial charge in [0.1, 0.15) is 0 Å². The summed E-state index contributed by atoms with van der Waals surface area (Å²) in [5.41, 5.74) is 0. The molecule has 0 heterocycles. The third-order valence-corrected chi connectivity index (χ3v) is 3.86. The van der Waals surface area contributed by atoms with Crippen molar-refractivity contribution < 1.29 is 0 Å². The van der Waals surface area contributed by atoms with Crippen molar-refractivity contribution in [2.24, 2.45) is 11.8 Å². The highest BCUT2D eigenvalue weighted by atomic mass is 15.2. The predicted octanol–water partition coefficient (Wildman–Crippen LogP) is 3.79. The maximum atomic E-state index is 2.63. The Labute approximate surface area is 90.9 Å². The Hall–Kier alpha value is -0.0400. The molecule has 0 aromatic heterocycles. The predicted molar refractivity (Wildman–Crippen MR) is 65.6 cm³/mol. The van der Waals surface area contributed by atoms with Crippen molar-refractivity contribution in [2.75, 3.05) is 6.54 Å². The zero-order valence-corrected chi connectivity index (χ0v) is 11.2. The summed E-state index contributed by atoms with van der Waals surface area (Å²) in [7, 11) is 0. The molecule has 1 nitrogen and oxygen atoms in total. The van der Waals surface area contributed by atoms with Crippen LogP contribution in [0.3, 0.4) is 0 Å². The summed E-state index contributed by atoms with van der Waals surface area (Å²) in [5, 5.41) is 0. The van der Waals surface area contributed by atoms with Gasteiger partial charge in [-0.3, -0.25) is 4.90 Å². The third-order valence-electron chi connectivity index (χ3n) is 3.86. The first-order valence-electron chi connectivity index (χ1n) is 6.21. The summed E-state index contributed by atoms with van der Waals surface area (Å²) < 4.78 is 0. The SMILES string of the molecule is CCC(C)N(CC)C(C)C(C)C(C)C. The van der Waals surface area contributed by atoms with Crippen molar-refractivity contribution in [3.8, 4) is 0 Å². The molecule has 0 aliphatic rings. The zero-order valence-electron chi connectivity index (χ0n) is 11.2. The molecule has 0 N–H and O–H groups in total. The maximum absolute atomic E-state index is 2.63. The van der Waals surface area contributed by atoms with Crippen LogP contribution in [0.4, 0.5) is 0 Å². The van der Waals surface area contributed by atoms with E-state index in [1.807, 2.05) is 0 Å². The van der Waals surface area contributed by atoms with E-state index in [-0.39, 0.29) is 0 Å². The molecule has 14 heavy (non-hydrogen) atoms. The molecule has 0 rings (SSSR count). The second-order valence-corrected chi connectivity index (χ2v) is 4.93. The molecule has 0 bridgehead atoms. The van der Waals surface area contributed by atoms with Gasteiger partial charge >= 0.3 is 0 Å². The van der Waals surface area contributed by atoms with E-state index in [0.29, 0.717) is 6.04 Å². The van der Waals surface area contributed by atoms with Gasteiger partial charge in [0.05, 0.1) is 0 Å². The van der Waals surface area contributed by atoms with E-state index in [9.17, 15) is 0 Å². The van der Waals surface area contributed by atoms with Crippen LogP contribution in [0.15, 0.2) is 0 Å². The molecular formula is C13H29N. The number of rotatable bonds is 6. The van der Waals surface area contributed by atoms with E-state index in [0.717, 1.165) is 17.9 Å². The lowest BCUT2D eigenvalue weighted by molar-refractivity contribution is 0.102. The summed E-state index contributed by atoms with van der Waals surface area (Å²) in [6.07, 6.45) is 1.25. The molecule has 86 valence electrons. The summed E-state index contributed by atoms with van der Waals surface area (Å²) in [6.45, 7) is 17.5. The Morgan fingerprint density at radius 2 is 1.43 bits per heavy atom. The Bertz CT molecular complexity index is 142. The lowest BCUT2D eigenvalue weighted by Gasteiger charge is -2.38. The highest BCUT2D eigenvalue weighted by Gasteiger charge is 2.23. The van der Waals surface area contributed by atoms with Crippen LogP contribution in [0.1, 0.15) is 54.9 Å².